The van der Waals surface area contributed by atoms with E-state index in [4.69, 9.17) is 9.47 Å². The van der Waals surface area contributed by atoms with Crippen LogP contribution >= 0.6 is 0 Å². The lowest BCUT2D eigenvalue weighted by atomic mass is 9.77. The van der Waals surface area contributed by atoms with Gasteiger partial charge in [0.25, 0.3) is 0 Å². The minimum atomic E-state index is -0.746. The predicted molar refractivity (Wildman–Crippen MR) is 124 cm³/mol. The number of nitrogens with zero attached hydrogens (tertiary/aromatic N) is 1. The third-order valence-electron chi connectivity index (χ3n) is 7.14. The van der Waals surface area contributed by atoms with Crippen molar-refractivity contribution in [2.45, 2.75) is 18.1 Å². The monoisotopic (exact) mass is 443 g/mol. The molecule has 3 aliphatic heterocycles. The molecule has 33 heavy (non-hydrogen) atoms. The summed E-state index contributed by atoms with van der Waals surface area (Å²) in [6.07, 6.45) is 6.24. The Kier molecular flexibility index (Phi) is 4.55. The van der Waals surface area contributed by atoms with E-state index in [1.165, 1.54) is 0 Å². The number of carbonyl (C=O) groups excluding carboxylic acids is 2. The molecule has 2 saturated heterocycles. The number of H-pyrrole nitrogens is 1. The average molecular weight is 444 g/mol. The summed E-state index contributed by atoms with van der Waals surface area (Å²) in [5.74, 6) is -0.571. The van der Waals surface area contributed by atoms with Gasteiger partial charge in [0.1, 0.15) is 11.4 Å². The minimum Gasteiger partial charge on any atom is -0.497 e. The summed E-state index contributed by atoms with van der Waals surface area (Å²) in [6, 6.07) is 15.5. The maximum atomic E-state index is 13.5. The third kappa shape index (κ3) is 3.07. The number of amides is 2. The van der Waals surface area contributed by atoms with Crippen LogP contribution < -0.4 is 15.0 Å². The maximum Gasteiger partial charge on any atom is 0.234 e. The molecule has 0 radical (unpaired) electrons. The molecule has 7 nitrogen and oxygen atoms in total. The van der Waals surface area contributed by atoms with Gasteiger partial charge in [0.05, 0.1) is 31.6 Å². The molecule has 0 saturated carbocycles. The Hall–Kier alpha value is -3.58. The van der Waals surface area contributed by atoms with Crippen LogP contribution in [0.4, 0.5) is 5.69 Å². The predicted octanol–water partition coefficient (Wildman–Crippen LogP) is 2.82. The van der Waals surface area contributed by atoms with Crippen LogP contribution in [-0.4, -0.2) is 48.7 Å². The number of anilines is 1. The Balaban J connectivity index is 1.18. The Bertz CT molecular complexity index is 1280. The molecule has 2 amide bonds. The summed E-state index contributed by atoms with van der Waals surface area (Å²) < 4.78 is 11.6. The first-order chi connectivity index (χ1) is 16.1. The van der Waals surface area contributed by atoms with Gasteiger partial charge in [0.2, 0.25) is 11.8 Å². The highest BCUT2D eigenvalue weighted by molar-refractivity contribution is 6.03. The molecule has 2 bridgehead atoms. The van der Waals surface area contributed by atoms with Crippen molar-refractivity contribution in [2.24, 2.45) is 11.8 Å². The van der Waals surface area contributed by atoms with Crippen LogP contribution in [0.5, 0.6) is 5.75 Å². The van der Waals surface area contributed by atoms with Crippen molar-refractivity contribution in [3.63, 3.8) is 0 Å². The molecule has 4 atom stereocenters. The summed E-state index contributed by atoms with van der Waals surface area (Å²) in [5, 5.41) is 4.22. The number of hydrogen-bond donors (Lipinski definition) is 2. The molecule has 2 N–H and O–H groups in total. The van der Waals surface area contributed by atoms with Crippen molar-refractivity contribution in [1.82, 2.24) is 10.3 Å². The number of para-hydroxylation sites is 1. The van der Waals surface area contributed by atoms with E-state index in [-0.39, 0.29) is 17.9 Å². The molecule has 4 heterocycles. The highest BCUT2D eigenvalue weighted by Crippen LogP contribution is 2.52. The van der Waals surface area contributed by atoms with E-state index in [9.17, 15) is 9.59 Å². The molecular weight excluding hydrogens is 418 g/mol. The Morgan fingerprint density at radius 1 is 1.27 bits per heavy atom. The number of aromatic nitrogens is 1. The standard InChI is InChI=1S/C26H25N3O4/c1-32-18-6-4-5-17(13-18)29-15-26-11-9-21(33-26)22(23(26)25(29)31)24(30)27-12-10-16-14-28-20-8-3-2-7-19(16)20/h2-9,11,13-14,21-23,28H,10,12,15H2,1H3,(H,27,30)/t21?,22?,23?,26-/m0/s1. The van der Waals surface area contributed by atoms with Crippen molar-refractivity contribution in [3.8, 4) is 5.75 Å². The van der Waals surface area contributed by atoms with Gasteiger partial charge in [-0.1, -0.05) is 36.4 Å². The van der Waals surface area contributed by atoms with E-state index in [1.54, 1.807) is 12.0 Å². The zero-order chi connectivity index (χ0) is 22.6. The SMILES string of the molecule is COc1cccc(N2C[C@]34C=CC(O3)C(C(=O)NCCc3c[nH]c5ccccc35)C4C2=O)c1. The van der Waals surface area contributed by atoms with Gasteiger partial charge in [-0.3, -0.25) is 9.59 Å². The number of fused-ring (bicyclic) bond motifs is 2. The van der Waals surface area contributed by atoms with Gasteiger partial charge in [-0.25, -0.2) is 0 Å². The van der Waals surface area contributed by atoms with Crippen molar-refractivity contribution < 1.29 is 19.1 Å². The van der Waals surface area contributed by atoms with Crippen LogP contribution in [0.25, 0.3) is 10.9 Å². The van der Waals surface area contributed by atoms with E-state index >= 15 is 0 Å². The quantitative estimate of drug-likeness (QED) is 0.574. The molecule has 6 rings (SSSR count). The number of nitrogens with one attached hydrogen (secondary N) is 2. The lowest BCUT2D eigenvalue weighted by molar-refractivity contribution is -0.131. The van der Waals surface area contributed by atoms with Crippen LogP contribution in [0.15, 0.2) is 66.9 Å². The second-order valence-corrected chi connectivity index (χ2v) is 8.93. The number of aromatic amines is 1. The van der Waals surface area contributed by atoms with E-state index < -0.39 is 17.4 Å². The number of hydrogen-bond acceptors (Lipinski definition) is 4. The highest BCUT2D eigenvalue weighted by atomic mass is 16.5. The summed E-state index contributed by atoms with van der Waals surface area (Å²) in [6.45, 7) is 0.900. The molecule has 3 aliphatic rings. The van der Waals surface area contributed by atoms with Gasteiger partial charge in [-0.15, -0.1) is 0 Å². The van der Waals surface area contributed by atoms with Gasteiger partial charge in [0, 0.05) is 35.4 Å². The summed E-state index contributed by atoms with van der Waals surface area (Å²) >= 11 is 0. The lowest BCUT2D eigenvalue weighted by Gasteiger charge is -2.23. The second kappa shape index (κ2) is 7.49. The minimum absolute atomic E-state index is 0.0770. The zero-order valence-electron chi connectivity index (χ0n) is 18.3. The van der Waals surface area contributed by atoms with Gasteiger partial charge < -0.3 is 24.7 Å². The van der Waals surface area contributed by atoms with Crippen molar-refractivity contribution in [3.05, 3.63) is 72.4 Å². The Morgan fingerprint density at radius 2 is 2.15 bits per heavy atom. The fourth-order valence-electron chi connectivity index (χ4n) is 5.57. The molecule has 3 aromatic rings. The molecule has 1 spiro atoms. The average Bonchev–Trinajstić information content (AvgIpc) is 3.59. The van der Waals surface area contributed by atoms with Gasteiger partial charge in [-0.05, 0) is 30.2 Å². The second-order valence-electron chi connectivity index (χ2n) is 8.93. The molecule has 3 unspecified atom stereocenters. The lowest BCUT2D eigenvalue weighted by Crippen LogP contribution is -2.44. The van der Waals surface area contributed by atoms with Crippen molar-refractivity contribution >= 4 is 28.4 Å². The molecule has 2 aromatic carbocycles. The largest absolute Gasteiger partial charge is 0.497 e. The summed E-state index contributed by atoms with van der Waals surface area (Å²) in [5.41, 5.74) is 2.25. The topological polar surface area (TPSA) is 83.7 Å². The number of methoxy groups -OCH3 is 1. The molecule has 168 valence electrons. The first kappa shape index (κ1) is 20.1. The van der Waals surface area contributed by atoms with E-state index in [2.05, 4.69) is 16.4 Å². The summed E-state index contributed by atoms with van der Waals surface area (Å²) in [7, 11) is 1.60. The van der Waals surface area contributed by atoms with E-state index in [0.717, 1.165) is 22.2 Å². The fraction of sp³-hybridized carbons (Fsp3) is 0.308. The number of benzene rings is 2. The smallest absolute Gasteiger partial charge is 0.234 e. The first-order valence-corrected chi connectivity index (χ1v) is 11.2. The third-order valence-corrected chi connectivity index (χ3v) is 7.14. The first-order valence-electron chi connectivity index (χ1n) is 11.2. The van der Waals surface area contributed by atoms with Crippen LogP contribution in [0.2, 0.25) is 0 Å². The number of rotatable bonds is 6. The number of carbonyl (C=O) groups is 2. The molecule has 2 fully saturated rings. The van der Waals surface area contributed by atoms with Gasteiger partial charge in [-0.2, -0.15) is 0 Å². The molecule has 0 aliphatic carbocycles. The van der Waals surface area contributed by atoms with Crippen molar-refractivity contribution in [1.29, 1.82) is 0 Å². The van der Waals surface area contributed by atoms with Crippen molar-refractivity contribution in [2.75, 3.05) is 25.1 Å². The van der Waals surface area contributed by atoms with Crippen LogP contribution in [-0.2, 0) is 20.7 Å². The summed E-state index contributed by atoms with van der Waals surface area (Å²) in [4.78, 5) is 31.7. The molecular formula is C26H25N3O4. The Morgan fingerprint density at radius 3 is 3.03 bits per heavy atom. The molecule has 1 aromatic heterocycles. The highest BCUT2D eigenvalue weighted by Gasteiger charge is 2.67. The van der Waals surface area contributed by atoms with Crippen LogP contribution in [0.1, 0.15) is 5.56 Å². The van der Waals surface area contributed by atoms with E-state index in [1.807, 2.05) is 60.8 Å². The van der Waals surface area contributed by atoms with Gasteiger partial charge >= 0.3 is 0 Å². The fourth-order valence-corrected chi connectivity index (χ4v) is 5.57. The van der Waals surface area contributed by atoms with Crippen LogP contribution in [0.3, 0.4) is 0 Å². The van der Waals surface area contributed by atoms with Crippen LogP contribution in [0, 0.1) is 11.8 Å². The van der Waals surface area contributed by atoms with E-state index in [0.29, 0.717) is 25.3 Å². The Labute approximate surface area is 191 Å². The zero-order valence-corrected chi connectivity index (χ0v) is 18.3. The molecule has 7 heteroatoms. The van der Waals surface area contributed by atoms with Gasteiger partial charge in [0.15, 0.2) is 0 Å². The normalized spacial score (nSPS) is 27.4. The number of ether oxygens (including phenoxy) is 2. The maximum absolute atomic E-state index is 13.5.